The van der Waals surface area contributed by atoms with Gasteiger partial charge in [0.05, 0.1) is 11.6 Å². The summed E-state index contributed by atoms with van der Waals surface area (Å²) in [7, 11) is 0. The third-order valence-corrected chi connectivity index (χ3v) is 1.58. The summed E-state index contributed by atoms with van der Waals surface area (Å²) < 4.78 is 38.9. The highest BCUT2D eigenvalue weighted by molar-refractivity contribution is 6.16. The van der Waals surface area contributed by atoms with E-state index in [1.807, 2.05) is 0 Å². The maximum Gasteiger partial charge on any atom is 0.573 e. The molecule has 0 saturated carbocycles. The molecule has 2 N–H and O–H groups in total. The molecule has 0 radical (unpaired) electrons. The van der Waals surface area contributed by atoms with Gasteiger partial charge in [-0.3, -0.25) is 0 Å². The number of nitrogens with zero attached hydrogens (tertiary/aromatic N) is 1. The molecule has 0 spiro atoms. The SMILES string of the molecule is Nc1nc(CCl)ccc1OC(F)(F)F. The predicted molar refractivity (Wildman–Crippen MR) is 44.9 cm³/mol. The molecular formula is C7H6ClF3N2O. The van der Waals surface area contributed by atoms with Crippen molar-refractivity contribution in [3.63, 3.8) is 0 Å². The van der Waals surface area contributed by atoms with Crippen molar-refractivity contribution in [2.75, 3.05) is 5.73 Å². The molecule has 0 atom stereocenters. The van der Waals surface area contributed by atoms with Crippen LogP contribution in [0.2, 0.25) is 0 Å². The summed E-state index contributed by atoms with van der Waals surface area (Å²) in [6.07, 6.45) is -4.77. The van der Waals surface area contributed by atoms with E-state index < -0.39 is 12.1 Å². The predicted octanol–water partition coefficient (Wildman–Crippen LogP) is 2.30. The molecule has 0 unspecified atom stereocenters. The maximum absolute atomic E-state index is 11.8. The summed E-state index contributed by atoms with van der Waals surface area (Å²) in [6, 6.07) is 2.39. The fourth-order valence-corrected chi connectivity index (χ4v) is 0.939. The summed E-state index contributed by atoms with van der Waals surface area (Å²) in [5.74, 6) is -0.775. The van der Waals surface area contributed by atoms with Gasteiger partial charge in [-0.05, 0) is 12.1 Å². The molecule has 1 aromatic rings. The molecule has 0 bridgehead atoms. The number of hydrogen-bond donors (Lipinski definition) is 1. The van der Waals surface area contributed by atoms with Crippen molar-refractivity contribution in [2.24, 2.45) is 0 Å². The first-order chi connectivity index (χ1) is 6.42. The van der Waals surface area contributed by atoms with Crippen LogP contribution >= 0.6 is 11.6 Å². The molecule has 14 heavy (non-hydrogen) atoms. The van der Waals surface area contributed by atoms with Gasteiger partial charge in [-0.15, -0.1) is 24.8 Å². The molecule has 0 fully saturated rings. The Hall–Kier alpha value is -1.17. The van der Waals surface area contributed by atoms with Crippen LogP contribution in [0.1, 0.15) is 5.69 Å². The van der Waals surface area contributed by atoms with E-state index in [1.165, 1.54) is 6.07 Å². The molecular weight excluding hydrogens is 221 g/mol. The van der Waals surface area contributed by atoms with Gasteiger partial charge < -0.3 is 10.5 Å². The van der Waals surface area contributed by atoms with E-state index >= 15 is 0 Å². The number of ether oxygens (including phenoxy) is 1. The van der Waals surface area contributed by atoms with Crippen LogP contribution in [0.15, 0.2) is 12.1 Å². The van der Waals surface area contributed by atoms with Gasteiger partial charge in [0.15, 0.2) is 11.6 Å². The Morgan fingerprint density at radius 3 is 2.50 bits per heavy atom. The van der Waals surface area contributed by atoms with E-state index in [4.69, 9.17) is 17.3 Å². The van der Waals surface area contributed by atoms with Crippen LogP contribution in [0.4, 0.5) is 19.0 Å². The molecule has 0 saturated heterocycles. The summed E-state index contributed by atoms with van der Waals surface area (Å²) >= 11 is 5.40. The Morgan fingerprint density at radius 2 is 2.07 bits per heavy atom. The first kappa shape index (κ1) is 10.9. The van der Waals surface area contributed by atoms with Crippen LogP contribution in [0.25, 0.3) is 0 Å². The van der Waals surface area contributed by atoms with Crippen LogP contribution in [-0.2, 0) is 5.88 Å². The van der Waals surface area contributed by atoms with Gasteiger partial charge in [0.1, 0.15) is 0 Å². The number of pyridine rings is 1. The minimum absolute atomic E-state index is 0.0799. The minimum Gasteiger partial charge on any atom is -0.402 e. The van der Waals surface area contributed by atoms with Gasteiger partial charge in [-0.25, -0.2) is 4.98 Å². The summed E-state index contributed by atoms with van der Waals surface area (Å²) in [5.41, 5.74) is 5.60. The zero-order valence-electron chi connectivity index (χ0n) is 6.81. The summed E-state index contributed by atoms with van der Waals surface area (Å²) in [6.45, 7) is 0. The fourth-order valence-electron chi connectivity index (χ4n) is 0.790. The van der Waals surface area contributed by atoms with Crippen molar-refractivity contribution in [1.82, 2.24) is 4.98 Å². The molecule has 1 aromatic heterocycles. The second-order valence-electron chi connectivity index (χ2n) is 2.37. The molecule has 7 heteroatoms. The molecule has 0 aliphatic carbocycles. The maximum atomic E-state index is 11.8. The molecule has 1 rings (SSSR count). The molecule has 0 amide bonds. The number of alkyl halides is 4. The van der Waals surface area contributed by atoms with Gasteiger partial charge in [0.25, 0.3) is 0 Å². The first-order valence-corrected chi connectivity index (χ1v) is 4.03. The van der Waals surface area contributed by atoms with Crippen molar-refractivity contribution in [3.05, 3.63) is 17.8 Å². The lowest BCUT2D eigenvalue weighted by atomic mass is 10.3. The van der Waals surface area contributed by atoms with E-state index in [9.17, 15) is 13.2 Å². The van der Waals surface area contributed by atoms with Crippen LogP contribution in [0, 0.1) is 0 Å². The van der Waals surface area contributed by atoms with Crippen molar-refractivity contribution in [1.29, 1.82) is 0 Å². The highest BCUT2D eigenvalue weighted by Gasteiger charge is 2.32. The average molecular weight is 227 g/mol. The molecule has 3 nitrogen and oxygen atoms in total. The summed E-state index contributed by atoms with van der Waals surface area (Å²) in [5, 5.41) is 0. The number of rotatable bonds is 2. The number of halogens is 4. The molecule has 78 valence electrons. The molecule has 0 aliphatic rings. The normalized spacial score (nSPS) is 11.4. The first-order valence-electron chi connectivity index (χ1n) is 3.49. The van der Waals surface area contributed by atoms with E-state index in [1.54, 1.807) is 0 Å². The van der Waals surface area contributed by atoms with Gasteiger partial charge >= 0.3 is 6.36 Å². The number of nitrogen functional groups attached to an aromatic ring is 1. The van der Waals surface area contributed by atoms with Crippen molar-refractivity contribution >= 4 is 17.4 Å². The number of hydrogen-bond acceptors (Lipinski definition) is 3. The van der Waals surface area contributed by atoms with Crippen LogP contribution in [0.5, 0.6) is 5.75 Å². The second kappa shape index (κ2) is 3.91. The Kier molecular flexibility index (Phi) is 3.05. The van der Waals surface area contributed by atoms with E-state index in [2.05, 4.69) is 9.72 Å². The smallest absolute Gasteiger partial charge is 0.402 e. The summed E-state index contributed by atoms with van der Waals surface area (Å²) in [4.78, 5) is 3.60. The van der Waals surface area contributed by atoms with Gasteiger partial charge in [-0.1, -0.05) is 0 Å². The Labute approximate surface area is 82.6 Å². The van der Waals surface area contributed by atoms with Crippen molar-refractivity contribution in [2.45, 2.75) is 12.2 Å². The standard InChI is InChI=1S/C7H6ClF3N2O/c8-3-4-1-2-5(6(12)13-4)14-7(9,10)11/h1-2H,3H2,(H2,12,13). The highest BCUT2D eigenvalue weighted by atomic mass is 35.5. The average Bonchev–Trinajstić information content (AvgIpc) is 2.06. The van der Waals surface area contributed by atoms with Crippen LogP contribution < -0.4 is 10.5 Å². The quantitative estimate of drug-likeness (QED) is 0.787. The molecule has 1 heterocycles. The third kappa shape index (κ3) is 2.95. The Bertz CT molecular complexity index is 329. The van der Waals surface area contributed by atoms with Crippen LogP contribution in [-0.4, -0.2) is 11.3 Å². The largest absolute Gasteiger partial charge is 0.573 e. The fraction of sp³-hybridized carbons (Fsp3) is 0.286. The zero-order chi connectivity index (χ0) is 10.8. The molecule has 0 aromatic carbocycles. The number of nitrogens with two attached hydrogens (primary N) is 1. The monoisotopic (exact) mass is 226 g/mol. The Morgan fingerprint density at radius 1 is 1.43 bits per heavy atom. The number of anilines is 1. The lowest BCUT2D eigenvalue weighted by Crippen LogP contribution is -2.18. The topological polar surface area (TPSA) is 48.1 Å². The van der Waals surface area contributed by atoms with Crippen molar-refractivity contribution in [3.8, 4) is 5.75 Å². The zero-order valence-corrected chi connectivity index (χ0v) is 7.56. The van der Waals surface area contributed by atoms with E-state index in [0.717, 1.165) is 6.07 Å². The lowest BCUT2D eigenvalue weighted by Gasteiger charge is -2.10. The third-order valence-electron chi connectivity index (χ3n) is 1.31. The van der Waals surface area contributed by atoms with E-state index in [-0.39, 0.29) is 11.7 Å². The molecule has 0 aliphatic heterocycles. The minimum atomic E-state index is -4.77. The van der Waals surface area contributed by atoms with Gasteiger partial charge in [-0.2, -0.15) is 0 Å². The van der Waals surface area contributed by atoms with Crippen LogP contribution in [0.3, 0.4) is 0 Å². The second-order valence-corrected chi connectivity index (χ2v) is 2.63. The van der Waals surface area contributed by atoms with Gasteiger partial charge in [0, 0.05) is 0 Å². The Balaban J connectivity index is 2.89. The van der Waals surface area contributed by atoms with Gasteiger partial charge in [0.2, 0.25) is 0 Å². The highest BCUT2D eigenvalue weighted by Crippen LogP contribution is 2.27. The van der Waals surface area contributed by atoms with E-state index in [0.29, 0.717) is 5.69 Å². The number of aromatic nitrogens is 1. The van der Waals surface area contributed by atoms with Crippen molar-refractivity contribution < 1.29 is 17.9 Å². The lowest BCUT2D eigenvalue weighted by molar-refractivity contribution is -0.274.